The molecule has 3 amide bonds. The Balaban J connectivity index is 1.51. The lowest BCUT2D eigenvalue weighted by atomic mass is 9.88. The van der Waals surface area contributed by atoms with Crippen molar-refractivity contribution in [1.82, 2.24) is 20.6 Å². The van der Waals surface area contributed by atoms with E-state index < -0.39 is 5.54 Å². The van der Waals surface area contributed by atoms with Gasteiger partial charge < -0.3 is 25.6 Å². The quantitative estimate of drug-likeness (QED) is 0.404. The molecule has 4 rings (SSSR count). The van der Waals surface area contributed by atoms with Crippen LogP contribution >= 0.6 is 11.6 Å². The van der Waals surface area contributed by atoms with Crippen LogP contribution in [0.4, 0.5) is 16.2 Å². The van der Waals surface area contributed by atoms with Crippen molar-refractivity contribution in [3.05, 3.63) is 77.3 Å². The van der Waals surface area contributed by atoms with Crippen molar-refractivity contribution in [2.45, 2.75) is 44.7 Å². The molecule has 10 heteroatoms. The summed E-state index contributed by atoms with van der Waals surface area (Å²) in [5, 5.41) is 9.56. The molecule has 200 valence electrons. The zero-order chi connectivity index (χ0) is 27.3. The molecule has 0 unspecified atom stereocenters. The number of pyridine rings is 2. The number of hydrogen-bond donors (Lipinski definition) is 3. The minimum atomic E-state index is -0.575. The van der Waals surface area contributed by atoms with Gasteiger partial charge in [0.2, 0.25) is 5.91 Å². The van der Waals surface area contributed by atoms with Gasteiger partial charge in [-0.2, -0.15) is 0 Å². The number of amides is 3. The number of piperidine rings is 1. The van der Waals surface area contributed by atoms with Gasteiger partial charge in [0, 0.05) is 48.4 Å². The second kappa shape index (κ2) is 11.7. The van der Waals surface area contributed by atoms with Crippen molar-refractivity contribution in [1.29, 1.82) is 0 Å². The van der Waals surface area contributed by atoms with Crippen LogP contribution in [0.1, 0.15) is 44.5 Å². The summed E-state index contributed by atoms with van der Waals surface area (Å²) in [6, 6.07) is 14.4. The molecule has 2 aromatic heterocycles. The number of ether oxygens (including phenoxy) is 1. The van der Waals surface area contributed by atoms with Crippen molar-refractivity contribution >= 4 is 34.9 Å². The van der Waals surface area contributed by atoms with E-state index in [1.165, 1.54) is 6.92 Å². The first-order valence-corrected chi connectivity index (χ1v) is 12.9. The van der Waals surface area contributed by atoms with Crippen molar-refractivity contribution in [2.24, 2.45) is 0 Å². The third-order valence-corrected chi connectivity index (χ3v) is 6.90. The van der Waals surface area contributed by atoms with Gasteiger partial charge >= 0.3 is 6.03 Å². The van der Waals surface area contributed by atoms with Crippen LogP contribution in [0, 0.1) is 0 Å². The maximum Gasteiger partial charge on any atom is 0.319 e. The Morgan fingerprint density at radius 2 is 1.82 bits per heavy atom. The highest BCUT2D eigenvalue weighted by atomic mass is 35.5. The lowest BCUT2D eigenvalue weighted by molar-refractivity contribution is -0.120. The topological polar surface area (TPSA) is 108 Å². The van der Waals surface area contributed by atoms with E-state index in [-0.39, 0.29) is 23.9 Å². The summed E-state index contributed by atoms with van der Waals surface area (Å²) >= 11 is 5.96. The fourth-order valence-electron chi connectivity index (χ4n) is 4.71. The van der Waals surface area contributed by atoms with Crippen LogP contribution in [0.25, 0.3) is 0 Å². The molecule has 1 aromatic carbocycles. The molecule has 9 nitrogen and oxygen atoms in total. The van der Waals surface area contributed by atoms with E-state index in [1.807, 2.05) is 44.3 Å². The molecule has 0 radical (unpaired) electrons. The average Bonchev–Trinajstić information content (AvgIpc) is 2.90. The zero-order valence-electron chi connectivity index (χ0n) is 22.0. The summed E-state index contributed by atoms with van der Waals surface area (Å²) in [7, 11) is 1.61. The van der Waals surface area contributed by atoms with Crippen LogP contribution in [0.5, 0.6) is 5.75 Å². The Hall–Kier alpha value is -3.85. The van der Waals surface area contributed by atoms with Gasteiger partial charge in [-0.3, -0.25) is 14.8 Å². The van der Waals surface area contributed by atoms with E-state index in [1.54, 1.807) is 37.6 Å². The maximum absolute atomic E-state index is 12.9. The molecule has 0 saturated carbocycles. The Kier molecular flexibility index (Phi) is 8.36. The van der Waals surface area contributed by atoms with E-state index >= 15 is 0 Å². The van der Waals surface area contributed by atoms with Gasteiger partial charge in [0.25, 0.3) is 0 Å². The highest BCUT2D eigenvalue weighted by molar-refractivity contribution is 6.30. The third-order valence-electron chi connectivity index (χ3n) is 6.65. The number of halogens is 1. The normalized spacial score (nSPS) is 17.4. The number of rotatable bonds is 7. The first kappa shape index (κ1) is 27.2. The van der Waals surface area contributed by atoms with Gasteiger partial charge in [0.15, 0.2) is 0 Å². The van der Waals surface area contributed by atoms with Gasteiger partial charge in [0.1, 0.15) is 5.75 Å². The molecule has 3 heterocycles. The molecule has 38 heavy (non-hydrogen) atoms. The van der Waals surface area contributed by atoms with E-state index in [9.17, 15) is 9.59 Å². The van der Waals surface area contributed by atoms with Crippen LogP contribution in [0.2, 0.25) is 5.02 Å². The zero-order valence-corrected chi connectivity index (χ0v) is 22.7. The average molecular weight is 537 g/mol. The number of nitrogens with one attached hydrogen (secondary N) is 3. The van der Waals surface area contributed by atoms with Crippen LogP contribution < -0.4 is 25.6 Å². The smallest absolute Gasteiger partial charge is 0.319 e. The predicted molar refractivity (Wildman–Crippen MR) is 149 cm³/mol. The highest BCUT2D eigenvalue weighted by Gasteiger charge is 2.33. The lowest BCUT2D eigenvalue weighted by Gasteiger charge is -2.40. The molecule has 3 N–H and O–H groups in total. The molecular weight excluding hydrogens is 504 g/mol. The maximum atomic E-state index is 12.9. The minimum absolute atomic E-state index is 0.0684. The van der Waals surface area contributed by atoms with Crippen LogP contribution in [-0.2, 0) is 10.3 Å². The minimum Gasteiger partial charge on any atom is -0.495 e. The molecule has 3 aromatic rings. The Labute approximate surface area is 228 Å². The standard InChI is InChI=1S/C28H33ClN6O3/c1-18(36)34-28(2,3)26-12-9-21(15-31-26)35-14-13-25(23(17-35)24-11-10-22(38-4)16-30-24)33-27(37)32-20-7-5-19(29)6-8-20/h5-12,15-16,23,25H,13-14,17H2,1-4H3,(H,34,36)(H2,32,33,37)/t23-,25+/m0/s1. The van der Waals surface area contributed by atoms with E-state index in [2.05, 4.69) is 30.8 Å². The largest absolute Gasteiger partial charge is 0.495 e. The van der Waals surface area contributed by atoms with Gasteiger partial charge in [-0.1, -0.05) is 11.6 Å². The summed E-state index contributed by atoms with van der Waals surface area (Å²) in [4.78, 5) is 36.0. The highest BCUT2D eigenvalue weighted by Crippen LogP contribution is 2.31. The first-order valence-electron chi connectivity index (χ1n) is 12.5. The SMILES string of the molecule is COc1ccc([C@@H]2CN(c3ccc(C(C)(C)NC(C)=O)nc3)CC[C@H]2NC(=O)Nc2ccc(Cl)cc2)nc1. The van der Waals surface area contributed by atoms with E-state index in [0.717, 1.165) is 23.6 Å². The Morgan fingerprint density at radius 3 is 2.42 bits per heavy atom. The van der Waals surface area contributed by atoms with Crippen molar-refractivity contribution in [3.63, 3.8) is 0 Å². The van der Waals surface area contributed by atoms with Crippen molar-refractivity contribution in [3.8, 4) is 5.75 Å². The number of urea groups is 1. The third kappa shape index (κ3) is 6.72. The Morgan fingerprint density at radius 1 is 1.05 bits per heavy atom. The monoisotopic (exact) mass is 536 g/mol. The summed E-state index contributed by atoms with van der Waals surface area (Å²) in [5.74, 6) is 0.500. The molecule has 1 saturated heterocycles. The molecule has 2 atom stereocenters. The predicted octanol–water partition coefficient (Wildman–Crippen LogP) is 4.69. The van der Waals surface area contributed by atoms with Crippen LogP contribution in [0.3, 0.4) is 0 Å². The molecule has 1 aliphatic rings. The second-order valence-electron chi connectivity index (χ2n) is 9.88. The number of hydrogen-bond acceptors (Lipinski definition) is 6. The molecule has 0 aliphatic carbocycles. The number of benzene rings is 1. The summed E-state index contributed by atoms with van der Waals surface area (Å²) < 4.78 is 5.28. The number of methoxy groups -OCH3 is 1. The fourth-order valence-corrected chi connectivity index (χ4v) is 4.83. The fraction of sp³-hybridized carbons (Fsp3) is 0.357. The number of carbonyl (C=O) groups is 2. The molecule has 1 fully saturated rings. The van der Waals surface area contributed by atoms with Crippen LogP contribution in [0.15, 0.2) is 60.9 Å². The van der Waals surface area contributed by atoms with E-state index in [4.69, 9.17) is 16.3 Å². The lowest BCUT2D eigenvalue weighted by Crippen LogP contribution is -2.51. The van der Waals surface area contributed by atoms with E-state index in [0.29, 0.717) is 29.4 Å². The van der Waals surface area contributed by atoms with Gasteiger partial charge in [-0.05, 0) is 68.8 Å². The summed E-state index contributed by atoms with van der Waals surface area (Å²) in [5.41, 5.74) is 2.70. The molecule has 0 bridgehead atoms. The Bertz CT molecular complexity index is 1250. The summed E-state index contributed by atoms with van der Waals surface area (Å²) in [6.45, 7) is 6.72. The number of anilines is 2. The number of carbonyl (C=O) groups excluding carboxylic acids is 2. The van der Waals surface area contributed by atoms with Crippen molar-refractivity contribution < 1.29 is 14.3 Å². The number of nitrogens with zero attached hydrogens (tertiary/aromatic N) is 3. The number of aromatic nitrogens is 2. The van der Waals surface area contributed by atoms with Crippen LogP contribution in [-0.4, -0.2) is 48.1 Å². The molecule has 1 aliphatic heterocycles. The van der Waals surface area contributed by atoms with Gasteiger partial charge in [0.05, 0.1) is 36.4 Å². The molecular formula is C28H33ClN6O3. The second-order valence-corrected chi connectivity index (χ2v) is 10.3. The van der Waals surface area contributed by atoms with Crippen molar-refractivity contribution in [2.75, 3.05) is 30.4 Å². The molecule has 0 spiro atoms. The van der Waals surface area contributed by atoms with Gasteiger partial charge in [-0.25, -0.2) is 4.79 Å². The van der Waals surface area contributed by atoms with Gasteiger partial charge in [-0.15, -0.1) is 0 Å². The first-order chi connectivity index (χ1) is 18.1. The summed E-state index contributed by atoms with van der Waals surface area (Å²) in [6.07, 6.45) is 4.24.